The molecule has 17 heavy (non-hydrogen) atoms. The Morgan fingerprint density at radius 3 is 2.65 bits per heavy atom. The van der Waals surface area contributed by atoms with Gasteiger partial charge in [0.2, 0.25) is 0 Å². The molecule has 2 atom stereocenters. The first kappa shape index (κ1) is 13.1. The van der Waals surface area contributed by atoms with E-state index in [1.54, 1.807) is 0 Å². The Hall–Kier alpha value is -0.340. The van der Waals surface area contributed by atoms with Crippen molar-refractivity contribution in [2.24, 2.45) is 11.7 Å². The van der Waals surface area contributed by atoms with E-state index in [9.17, 15) is 0 Å². The molecule has 0 bridgehead atoms. The monoisotopic (exact) mass is 295 g/mol. The molecule has 0 heterocycles. The molecule has 1 aliphatic rings. The van der Waals surface area contributed by atoms with Crippen molar-refractivity contribution in [1.29, 1.82) is 0 Å². The Kier molecular flexibility index (Phi) is 4.26. The second kappa shape index (κ2) is 5.53. The average Bonchev–Trinajstić information content (AvgIpc) is 2.45. The van der Waals surface area contributed by atoms with Crippen molar-refractivity contribution in [3.8, 4) is 0 Å². The zero-order valence-electron chi connectivity index (χ0n) is 10.6. The Balaban J connectivity index is 2.03. The lowest BCUT2D eigenvalue weighted by Gasteiger charge is -2.28. The maximum Gasteiger partial charge on any atom is 0.0195 e. The highest BCUT2D eigenvalue weighted by molar-refractivity contribution is 9.10. The van der Waals surface area contributed by atoms with Crippen molar-refractivity contribution >= 4 is 15.9 Å². The number of benzene rings is 1. The van der Waals surface area contributed by atoms with Crippen LogP contribution in [0.5, 0.6) is 0 Å². The van der Waals surface area contributed by atoms with E-state index in [1.165, 1.54) is 37.7 Å². The van der Waals surface area contributed by atoms with Crippen molar-refractivity contribution in [3.05, 3.63) is 34.3 Å². The lowest BCUT2D eigenvalue weighted by atomic mass is 9.84. The summed E-state index contributed by atoms with van der Waals surface area (Å²) in [5.74, 6) is 0.852. The first-order valence-corrected chi connectivity index (χ1v) is 7.40. The lowest BCUT2D eigenvalue weighted by Crippen LogP contribution is -2.41. The first-order valence-electron chi connectivity index (χ1n) is 6.61. The van der Waals surface area contributed by atoms with Crippen LogP contribution in [0.1, 0.15) is 44.6 Å². The molecule has 2 N–H and O–H groups in total. The van der Waals surface area contributed by atoms with Crippen LogP contribution in [0.15, 0.2) is 28.7 Å². The third-order valence-electron chi connectivity index (χ3n) is 3.98. The van der Waals surface area contributed by atoms with Crippen LogP contribution in [0.2, 0.25) is 0 Å². The third kappa shape index (κ3) is 3.82. The van der Waals surface area contributed by atoms with Gasteiger partial charge in [-0.05, 0) is 49.3 Å². The van der Waals surface area contributed by atoms with Gasteiger partial charge in [-0.3, -0.25) is 0 Å². The molecular formula is C15H22BrN. The van der Waals surface area contributed by atoms with Gasteiger partial charge in [0.05, 0.1) is 0 Å². The van der Waals surface area contributed by atoms with Gasteiger partial charge >= 0.3 is 0 Å². The molecular weight excluding hydrogens is 274 g/mol. The third-order valence-corrected chi connectivity index (χ3v) is 4.50. The number of nitrogens with two attached hydrogens (primary N) is 1. The van der Waals surface area contributed by atoms with Gasteiger partial charge in [-0.15, -0.1) is 0 Å². The summed E-state index contributed by atoms with van der Waals surface area (Å²) in [6.07, 6.45) is 7.28. The van der Waals surface area contributed by atoms with E-state index in [0.717, 1.165) is 16.8 Å². The fourth-order valence-corrected chi connectivity index (χ4v) is 3.06. The normalized spacial score (nSPS) is 29.9. The SMILES string of the molecule is CC1CCCC(N)(Cc2ccc(Br)cc2)CC1. The smallest absolute Gasteiger partial charge is 0.0195 e. The zero-order chi connectivity index (χ0) is 12.3. The average molecular weight is 296 g/mol. The molecule has 2 rings (SSSR count). The standard InChI is InChI=1S/C15H22BrN/c1-12-3-2-9-15(17,10-8-12)11-13-4-6-14(16)7-5-13/h4-7,12H,2-3,8-11,17H2,1H3. The van der Waals surface area contributed by atoms with Crippen molar-refractivity contribution < 1.29 is 0 Å². The summed E-state index contributed by atoms with van der Waals surface area (Å²) in [6.45, 7) is 2.35. The summed E-state index contributed by atoms with van der Waals surface area (Å²) in [7, 11) is 0. The van der Waals surface area contributed by atoms with Crippen LogP contribution in [0.3, 0.4) is 0 Å². The molecule has 94 valence electrons. The molecule has 1 aromatic carbocycles. The lowest BCUT2D eigenvalue weighted by molar-refractivity contribution is 0.363. The number of halogens is 1. The van der Waals surface area contributed by atoms with E-state index in [1.807, 2.05) is 0 Å². The minimum atomic E-state index is 0.0264. The number of hydrogen-bond acceptors (Lipinski definition) is 1. The Bertz CT molecular complexity index is 360. The molecule has 2 heteroatoms. The van der Waals surface area contributed by atoms with Crippen LogP contribution in [0.25, 0.3) is 0 Å². The maximum atomic E-state index is 6.58. The highest BCUT2D eigenvalue weighted by Crippen LogP contribution is 2.31. The van der Waals surface area contributed by atoms with Gasteiger partial charge in [0.1, 0.15) is 0 Å². The Labute approximate surface area is 113 Å². The van der Waals surface area contributed by atoms with Gasteiger partial charge in [0.15, 0.2) is 0 Å². The molecule has 0 spiro atoms. The van der Waals surface area contributed by atoms with Gasteiger partial charge in [-0.2, -0.15) is 0 Å². The molecule has 0 aromatic heterocycles. The minimum absolute atomic E-state index is 0.0264. The number of rotatable bonds is 2. The molecule has 0 aliphatic heterocycles. The van der Waals surface area contributed by atoms with Crippen LogP contribution in [0.4, 0.5) is 0 Å². The fourth-order valence-electron chi connectivity index (χ4n) is 2.79. The van der Waals surface area contributed by atoms with Gasteiger partial charge in [0.25, 0.3) is 0 Å². The van der Waals surface area contributed by atoms with E-state index in [0.29, 0.717) is 0 Å². The highest BCUT2D eigenvalue weighted by atomic mass is 79.9. The van der Waals surface area contributed by atoms with Gasteiger partial charge < -0.3 is 5.73 Å². The van der Waals surface area contributed by atoms with E-state index in [2.05, 4.69) is 47.1 Å². The molecule has 0 radical (unpaired) electrons. The van der Waals surface area contributed by atoms with Crippen molar-refractivity contribution in [2.75, 3.05) is 0 Å². The molecule has 2 unspecified atom stereocenters. The Morgan fingerprint density at radius 1 is 1.24 bits per heavy atom. The molecule has 1 nitrogen and oxygen atoms in total. The van der Waals surface area contributed by atoms with Crippen LogP contribution >= 0.6 is 15.9 Å². The van der Waals surface area contributed by atoms with Gasteiger partial charge in [0, 0.05) is 10.0 Å². The van der Waals surface area contributed by atoms with Crippen molar-refractivity contribution in [3.63, 3.8) is 0 Å². The quantitative estimate of drug-likeness (QED) is 0.809. The summed E-state index contributed by atoms with van der Waals surface area (Å²) in [4.78, 5) is 0. The topological polar surface area (TPSA) is 26.0 Å². The molecule has 1 aliphatic carbocycles. The minimum Gasteiger partial charge on any atom is -0.325 e. The molecule has 1 fully saturated rings. The summed E-state index contributed by atoms with van der Waals surface area (Å²) in [5, 5.41) is 0. The second-order valence-electron chi connectivity index (χ2n) is 5.70. The first-order chi connectivity index (χ1) is 8.07. The van der Waals surface area contributed by atoms with E-state index < -0.39 is 0 Å². The van der Waals surface area contributed by atoms with Gasteiger partial charge in [-0.1, -0.05) is 47.8 Å². The summed E-state index contributed by atoms with van der Waals surface area (Å²) in [5.41, 5.74) is 7.97. The summed E-state index contributed by atoms with van der Waals surface area (Å²) < 4.78 is 1.14. The maximum absolute atomic E-state index is 6.58. The highest BCUT2D eigenvalue weighted by Gasteiger charge is 2.28. The van der Waals surface area contributed by atoms with Crippen LogP contribution in [0, 0.1) is 5.92 Å². The zero-order valence-corrected chi connectivity index (χ0v) is 12.2. The van der Waals surface area contributed by atoms with Crippen molar-refractivity contribution in [2.45, 2.75) is 51.0 Å². The predicted octanol–water partition coefficient (Wildman–Crippen LogP) is 4.29. The number of hydrogen-bond donors (Lipinski definition) is 1. The van der Waals surface area contributed by atoms with E-state index in [-0.39, 0.29) is 5.54 Å². The van der Waals surface area contributed by atoms with E-state index in [4.69, 9.17) is 5.73 Å². The molecule has 1 aromatic rings. The molecule has 0 saturated heterocycles. The van der Waals surface area contributed by atoms with Gasteiger partial charge in [-0.25, -0.2) is 0 Å². The van der Waals surface area contributed by atoms with Crippen molar-refractivity contribution in [1.82, 2.24) is 0 Å². The summed E-state index contributed by atoms with van der Waals surface area (Å²) >= 11 is 3.47. The van der Waals surface area contributed by atoms with Crippen LogP contribution < -0.4 is 5.73 Å². The van der Waals surface area contributed by atoms with E-state index >= 15 is 0 Å². The van der Waals surface area contributed by atoms with Crippen LogP contribution in [-0.2, 0) is 6.42 Å². The summed E-state index contributed by atoms with van der Waals surface area (Å²) in [6, 6.07) is 8.59. The fraction of sp³-hybridized carbons (Fsp3) is 0.600. The Morgan fingerprint density at radius 2 is 1.94 bits per heavy atom. The second-order valence-corrected chi connectivity index (χ2v) is 6.62. The molecule has 1 saturated carbocycles. The largest absolute Gasteiger partial charge is 0.325 e. The predicted molar refractivity (Wildman–Crippen MR) is 77.0 cm³/mol. The molecule has 0 amide bonds. The van der Waals surface area contributed by atoms with Crippen LogP contribution in [-0.4, -0.2) is 5.54 Å².